The Morgan fingerprint density at radius 2 is 1.95 bits per heavy atom. The van der Waals surface area contributed by atoms with Crippen LogP contribution in [0.5, 0.6) is 0 Å². The molecular weight excluding hydrogens is 249 g/mol. The minimum absolute atomic E-state index is 0.141. The molecule has 1 aromatic carbocycles. The van der Waals surface area contributed by atoms with Crippen molar-refractivity contribution < 1.29 is 14.6 Å². The van der Waals surface area contributed by atoms with E-state index in [1.807, 2.05) is 0 Å². The summed E-state index contributed by atoms with van der Waals surface area (Å²) in [5, 5.41) is 18.8. The number of nitrogen functional groups attached to an aromatic ring is 1. The number of anilines is 2. The fourth-order valence-corrected chi connectivity index (χ4v) is 2.10. The summed E-state index contributed by atoms with van der Waals surface area (Å²) in [6, 6.07) is 4.72. The van der Waals surface area contributed by atoms with Crippen LogP contribution in [0, 0.1) is 5.82 Å². The first-order valence-corrected chi connectivity index (χ1v) is 5.98. The number of aromatic nitrogens is 1. The molecule has 0 saturated carbocycles. The monoisotopic (exact) mass is 265 g/mol. The fourth-order valence-electron chi connectivity index (χ4n) is 2.10. The van der Waals surface area contributed by atoms with Gasteiger partial charge in [0.2, 0.25) is 0 Å². The molecular formula is C13H16FN3O2. The molecule has 1 aromatic heterocycles. The molecule has 2 aromatic rings. The van der Waals surface area contributed by atoms with E-state index in [9.17, 15) is 4.39 Å². The number of aliphatic hydroxyl groups is 2. The summed E-state index contributed by atoms with van der Waals surface area (Å²) in [5.74, 6) is -0.509. The van der Waals surface area contributed by atoms with Crippen LogP contribution in [0.15, 0.2) is 24.4 Å². The number of nitrogens with two attached hydrogens (primary N) is 1. The van der Waals surface area contributed by atoms with Crippen molar-refractivity contribution in [2.24, 2.45) is 0 Å². The highest BCUT2D eigenvalue weighted by atomic mass is 19.1. The molecule has 0 spiro atoms. The largest absolute Gasteiger partial charge is 0.398 e. The Hall–Kier alpha value is -1.92. The number of hydrogen-bond donors (Lipinski definition) is 3. The molecule has 0 aliphatic heterocycles. The molecule has 0 fully saturated rings. The molecule has 2 rings (SSSR count). The first kappa shape index (κ1) is 13.5. The van der Waals surface area contributed by atoms with Crippen molar-refractivity contribution in [2.75, 3.05) is 36.9 Å². The lowest BCUT2D eigenvalue weighted by atomic mass is 10.1. The van der Waals surface area contributed by atoms with E-state index in [1.165, 1.54) is 6.07 Å². The fraction of sp³-hybridized carbons (Fsp3) is 0.308. The normalized spacial score (nSPS) is 10.9. The maximum Gasteiger partial charge on any atom is 0.150 e. The van der Waals surface area contributed by atoms with Gasteiger partial charge in [-0.2, -0.15) is 0 Å². The van der Waals surface area contributed by atoms with Gasteiger partial charge in [-0.05, 0) is 18.2 Å². The van der Waals surface area contributed by atoms with Crippen molar-refractivity contribution in [3.63, 3.8) is 0 Å². The first-order chi connectivity index (χ1) is 9.19. The highest BCUT2D eigenvalue weighted by molar-refractivity contribution is 5.98. The van der Waals surface area contributed by atoms with Gasteiger partial charge in [0.1, 0.15) is 0 Å². The third kappa shape index (κ3) is 2.59. The molecule has 5 nitrogen and oxygen atoms in total. The zero-order valence-electron chi connectivity index (χ0n) is 10.4. The number of nitrogens with zero attached hydrogens (tertiary/aromatic N) is 2. The summed E-state index contributed by atoms with van der Waals surface area (Å²) in [7, 11) is 0. The standard InChI is InChI=1S/C13H16FN3O2/c14-10-8-11(15)9-2-1-3-16-12(9)13(10)17(4-6-18)5-7-19/h1-3,8,18-19H,4-7,15H2. The molecule has 0 radical (unpaired) electrons. The van der Waals surface area contributed by atoms with E-state index in [0.29, 0.717) is 16.6 Å². The van der Waals surface area contributed by atoms with Crippen LogP contribution in [0.25, 0.3) is 10.9 Å². The second kappa shape index (κ2) is 5.81. The Balaban J connectivity index is 2.63. The third-order valence-electron chi connectivity index (χ3n) is 2.91. The average molecular weight is 265 g/mol. The quantitative estimate of drug-likeness (QED) is 0.695. The molecule has 0 aliphatic carbocycles. The topological polar surface area (TPSA) is 82.6 Å². The SMILES string of the molecule is Nc1cc(F)c(N(CCO)CCO)c2ncccc12. The van der Waals surface area contributed by atoms with Crippen molar-refractivity contribution in [2.45, 2.75) is 0 Å². The molecule has 0 bridgehead atoms. The number of rotatable bonds is 5. The maximum absolute atomic E-state index is 14.2. The van der Waals surface area contributed by atoms with Crippen molar-refractivity contribution >= 4 is 22.3 Å². The number of fused-ring (bicyclic) bond motifs is 1. The zero-order chi connectivity index (χ0) is 13.8. The molecule has 0 saturated heterocycles. The summed E-state index contributed by atoms with van der Waals surface area (Å²) in [6.07, 6.45) is 1.56. The Morgan fingerprint density at radius 3 is 2.58 bits per heavy atom. The van der Waals surface area contributed by atoms with Crippen molar-refractivity contribution in [1.82, 2.24) is 4.98 Å². The van der Waals surface area contributed by atoms with Crippen LogP contribution in [0.3, 0.4) is 0 Å². The van der Waals surface area contributed by atoms with Gasteiger partial charge in [0.25, 0.3) is 0 Å². The number of aliphatic hydroxyl groups excluding tert-OH is 2. The third-order valence-corrected chi connectivity index (χ3v) is 2.91. The highest BCUT2D eigenvalue weighted by Gasteiger charge is 2.17. The summed E-state index contributed by atoms with van der Waals surface area (Å²) >= 11 is 0. The Morgan fingerprint density at radius 1 is 1.26 bits per heavy atom. The number of halogens is 1. The maximum atomic E-state index is 14.2. The first-order valence-electron chi connectivity index (χ1n) is 5.98. The van der Waals surface area contributed by atoms with Crippen LogP contribution in [0.2, 0.25) is 0 Å². The summed E-state index contributed by atoms with van der Waals surface area (Å²) < 4.78 is 14.2. The van der Waals surface area contributed by atoms with Gasteiger partial charge in [-0.25, -0.2) is 4.39 Å². The molecule has 102 valence electrons. The van der Waals surface area contributed by atoms with Crippen LogP contribution >= 0.6 is 0 Å². The molecule has 0 unspecified atom stereocenters. The van der Waals surface area contributed by atoms with E-state index < -0.39 is 5.82 Å². The lowest BCUT2D eigenvalue weighted by Crippen LogP contribution is -2.30. The minimum Gasteiger partial charge on any atom is -0.398 e. The Labute approximate surface area is 110 Å². The van der Waals surface area contributed by atoms with Gasteiger partial charge in [-0.15, -0.1) is 0 Å². The van der Waals surface area contributed by atoms with Crippen LogP contribution in [-0.4, -0.2) is 41.5 Å². The van der Waals surface area contributed by atoms with Crippen molar-refractivity contribution in [1.29, 1.82) is 0 Å². The lowest BCUT2D eigenvalue weighted by Gasteiger charge is -2.24. The van der Waals surface area contributed by atoms with Gasteiger partial charge in [0, 0.05) is 30.4 Å². The van der Waals surface area contributed by atoms with Crippen LogP contribution < -0.4 is 10.6 Å². The smallest absolute Gasteiger partial charge is 0.150 e. The second-order valence-electron chi connectivity index (χ2n) is 4.13. The van der Waals surface area contributed by atoms with Gasteiger partial charge < -0.3 is 20.8 Å². The Kier molecular flexibility index (Phi) is 4.13. The van der Waals surface area contributed by atoms with Gasteiger partial charge in [-0.3, -0.25) is 4.98 Å². The summed E-state index contributed by atoms with van der Waals surface area (Å²) in [4.78, 5) is 5.72. The van der Waals surface area contributed by atoms with E-state index in [2.05, 4.69) is 4.98 Å². The Bertz CT molecular complexity index is 571. The number of benzene rings is 1. The van der Waals surface area contributed by atoms with Gasteiger partial charge >= 0.3 is 0 Å². The van der Waals surface area contributed by atoms with Crippen LogP contribution in [0.1, 0.15) is 0 Å². The highest BCUT2D eigenvalue weighted by Crippen LogP contribution is 2.32. The number of pyridine rings is 1. The predicted molar refractivity (Wildman–Crippen MR) is 72.5 cm³/mol. The molecule has 1 heterocycles. The van der Waals surface area contributed by atoms with Crippen molar-refractivity contribution in [3.8, 4) is 0 Å². The predicted octanol–water partition coefficient (Wildman–Crippen LogP) is 0.747. The van der Waals surface area contributed by atoms with E-state index in [1.54, 1.807) is 23.2 Å². The molecule has 6 heteroatoms. The molecule has 0 atom stereocenters. The van der Waals surface area contributed by atoms with E-state index in [0.717, 1.165) is 0 Å². The van der Waals surface area contributed by atoms with E-state index in [4.69, 9.17) is 15.9 Å². The average Bonchev–Trinajstić information content (AvgIpc) is 2.39. The zero-order valence-corrected chi connectivity index (χ0v) is 10.4. The van der Waals surface area contributed by atoms with Crippen LogP contribution in [-0.2, 0) is 0 Å². The van der Waals surface area contributed by atoms with Gasteiger partial charge in [-0.1, -0.05) is 0 Å². The summed E-state index contributed by atoms with van der Waals surface area (Å²) in [6.45, 7) is 0.149. The lowest BCUT2D eigenvalue weighted by molar-refractivity contribution is 0.281. The van der Waals surface area contributed by atoms with Crippen LogP contribution in [0.4, 0.5) is 15.8 Å². The summed E-state index contributed by atoms with van der Waals surface area (Å²) in [5.41, 5.74) is 6.78. The molecule has 0 amide bonds. The van der Waals surface area contributed by atoms with E-state index >= 15 is 0 Å². The van der Waals surface area contributed by atoms with Crippen molar-refractivity contribution in [3.05, 3.63) is 30.2 Å². The molecule has 4 N–H and O–H groups in total. The minimum atomic E-state index is -0.509. The molecule has 0 aliphatic rings. The second-order valence-corrected chi connectivity index (χ2v) is 4.13. The molecule has 19 heavy (non-hydrogen) atoms. The van der Waals surface area contributed by atoms with Gasteiger partial charge in [0.05, 0.1) is 24.4 Å². The van der Waals surface area contributed by atoms with Gasteiger partial charge in [0.15, 0.2) is 5.82 Å². The number of hydrogen-bond acceptors (Lipinski definition) is 5. The van der Waals surface area contributed by atoms with E-state index in [-0.39, 0.29) is 32.0 Å².